The van der Waals surface area contributed by atoms with Crippen LogP contribution in [0.15, 0.2) is 12.1 Å². The Labute approximate surface area is 196 Å². The van der Waals surface area contributed by atoms with Gasteiger partial charge in [0.15, 0.2) is 11.5 Å². The van der Waals surface area contributed by atoms with E-state index in [-0.39, 0.29) is 22.8 Å². The number of carbonyl (C=O) groups excluding carboxylic acids is 2. The molecule has 3 heterocycles. The molecule has 7 heteroatoms. The Morgan fingerprint density at radius 2 is 1.97 bits per heavy atom. The van der Waals surface area contributed by atoms with Gasteiger partial charge in [-0.2, -0.15) is 0 Å². The summed E-state index contributed by atoms with van der Waals surface area (Å²) in [5, 5.41) is 0. The summed E-state index contributed by atoms with van der Waals surface area (Å²) in [5.41, 5.74) is 2.22. The van der Waals surface area contributed by atoms with Gasteiger partial charge < -0.3 is 19.1 Å². The summed E-state index contributed by atoms with van der Waals surface area (Å²) < 4.78 is 16.6. The zero-order chi connectivity index (χ0) is 23.5. The number of piperidine rings is 1. The van der Waals surface area contributed by atoms with Gasteiger partial charge in [-0.05, 0) is 75.6 Å². The van der Waals surface area contributed by atoms with E-state index >= 15 is 0 Å². The van der Waals surface area contributed by atoms with Crippen molar-refractivity contribution >= 4 is 17.6 Å². The Hall–Kier alpha value is -2.28. The molecule has 0 bridgehead atoms. The lowest BCUT2D eigenvalue weighted by molar-refractivity contribution is -0.142. The van der Waals surface area contributed by atoms with E-state index in [4.69, 9.17) is 14.2 Å². The van der Waals surface area contributed by atoms with Gasteiger partial charge in [0.1, 0.15) is 6.04 Å². The number of hydrogen-bond donors (Lipinski definition) is 0. The number of fused-ring (bicyclic) bond motifs is 1. The fourth-order valence-corrected chi connectivity index (χ4v) is 8.04. The molecule has 3 aliphatic heterocycles. The zero-order valence-corrected chi connectivity index (χ0v) is 20.5. The lowest BCUT2D eigenvalue weighted by Gasteiger charge is -2.59. The second-order valence-electron chi connectivity index (χ2n) is 10.3. The number of hydrogen-bond acceptors (Lipinski definition) is 7. The van der Waals surface area contributed by atoms with Crippen LogP contribution in [0.2, 0.25) is 0 Å². The third-order valence-electron chi connectivity index (χ3n) is 9.20. The predicted molar refractivity (Wildman–Crippen MR) is 125 cm³/mol. The Bertz CT molecular complexity index is 980. The Balaban J connectivity index is 1.77. The molecule has 5 rings (SSSR count). The van der Waals surface area contributed by atoms with E-state index in [9.17, 15) is 9.59 Å². The van der Waals surface area contributed by atoms with Crippen LogP contribution in [0, 0.1) is 5.41 Å². The minimum atomic E-state index is -0.494. The number of benzene rings is 1. The molecular formula is C26H36N2O5. The molecule has 0 N–H and O–H groups in total. The van der Waals surface area contributed by atoms with Gasteiger partial charge in [0.25, 0.3) is 0 Å². The third kappa shape index (κ3) is 2.90. The zero-order valence-electron chi connectivity index (χ0n) is 20.5. The largest absolute Gasteiger partial charge is 0.493 e. The number of nitrogens with zero attached hydrogens (tertiary/aromatic N) is 2. The molecule has 1 spiro atoms. The highest BCUT2D eigenvalue weighted by molar-refractivity contribution is 5.87. The molecule has 1 saturated carbocycles. The first-order valence-corrected chi connectivity index (χ1v) is 12.3. The molecule has 33 heavy (non-hydrogen) atoms. The van der Waals surface area contributed by atoms with Gasteiger partial charge >= 0.3 is 11.9 Å². The van der Waals surface area contributed by atoms with Crippen LogP contribution in [-0.4, -0.2) is 62.3 Å². The minimum absolute atomic E-state index is 0.104. The summed E-state index contributed by atoms with van der Waals surface area (Å²) in [6.07, 6.45) is 6.88. The third-order valence-corrected chi connectivity index (χ3v) is 9.20. The van der Waals surface area contributed by atoms with Crippen LogP contribution >= 0.6 is 0 Å². The standard InChI is InChI=1S/C26H36N2O5/c1-6-25-11-7-14-27-15-13-26(24(25)27)18-8-9-19(31-4)22(33-17(3)29)21(18)28(20(26)10-12-25)16(2)23(30)32-5/h8-9,16,20,24H,6-7,10-15H2,1-5H3/t16?,20-,24-,25-,26-/m1/s1. The number of rotatable bonds is 5. The normalized spacial score (nSPS) is 33.1. The van der Waals surface area contributed by atoms with E-state index in [1.807, 2.05) is 13.0 Å². The first-order chi connectivity index (χ1) is 15.8. The lowest BCUT2D eigenvalue weighted by atomic mass is 9.52. The van der Waals surface area contributed by atoms with E-state index in [2.05, 4.69) is 22.8 Å². The van der Waals surface area contributed by atoms with Crippen LogP contribution in [0.1, 0.15) is 64.9 Å². The van der Waals surface area contributed by atoms with Crippen LogP contribution in [0.4, 0.5) is 5.69 Å². The summed E-state index contributed by atoms with van der Waals surface area (Å²) in [6.45, 7) is 7.86. The van der Waals surface area contributed by atoms with E-state index in [1.165, 1.54) is 32.4 Å². The van der Waals surface area contributed by atoms with Gasteiger partial charge in [-0.25, -0.2) is 4.79 Å². The molecule has 4 aliphatic rings. The van der Waals surface area contributed by atoms with Crippen LogP contribution in [0.25, 0.3) is 0 Å². The highest BCUT2D eigenvalue weighted by atomic mass is 16.6. The molecule has 1 unspecified atom stereocenters. The Morgan fingerprint density at radius 3 is 2.64 bits per heavy atom. The summed E-state index contributed by atoms with van der Waals surface area (Å²) in [5.74, 6) is 0.272. The van der Waals surface area contributed by atoms with Crippen molar-refractivity contribution in [1.29, 1.82) is 0 Å². The SMILES string of the molecule is CC[C@@]12CCCN3CC[C@]4(c5ccc(OC)c(OC(C)=O)c5N(C(C)C(=O)OC)[C@@H]4CC1)[C@H]32. The lowest BCUT2D eigenvalue weighted by Crippen LogP contribution is -2.65. The van der Waals surface area contributed by atoms with Gasteiger partial charge in [-0.15, -0.1) is 0 Å². The number of carbonyl (C=O) groups is 2. The number of anilines is 1. The summed E-state index contributed by atoms with van der Waals surface area (Å²) in [4.78, 5) is 29.9. The van der Waals surface area contributed by atoms with Crippen molar-refractivity contribution < 1.29 is 23.8 Å². The van der Waals surface area contributed by atoms with Crippen molar-refractivity contribution in [3.8, 4) is 11.5 Å². The molecule has 0 radical (unpaired) electrons. The summed E-state index contributed by atoms with van der Waals surface area (Å²) in [6, 6.07) is 4.18. The fraction of sp³-hybridized carbons (Fsp3) is 0.692. The summed E-state index contributed by atoms with van der Waals surface area (Å²) in [7, 11) is 3.02. The maximum atomic E-state index is 12.9. The van der Waals surface area contributed by atoms with Crippen molar-refractivity contribution in [1.82, 2.24) is 4.90 Å². The first kappa shape index (κ1) is 22.5. The van der Waals surface area contributed by atoms with Gasteiger partial charge in [0.05, 0.1) is 19.9 Å². The molecular weight excluding hydrogens is 420 g/mol. The molecule has 3 fully saturated rings. The Kier molecular flexibility index (Phi) is 5.39. The van der Waals surface area contributed by atoms with Crippen molar-refractivity contribution in [2.75, 3.05) is 32.2 Å². The number of esters is 2. The quantitative estimate of drug-likeness (QED) is 0.495. The molecule has 180 valence electrons. The second kappa shape index (κ2) is 7.90. The van der Waals surface area contributed by atoms with E-state index in [1.54, 1.807) is 7.11 Å². The monoisotopic (exact) mass is 456 g/mol. The van der Waals surface area contributed by atoms with E-state index in [0.717, 1.165) is 44.5 Å². The van der Waals surface area contributed by atoms with Crippen molar-refractivity contribution in [3.05, 3.63) is 17.7 Å². The van der Waals surface area contributed by atoms with Gasteiger partial charge in [-0.1, -0.05) is 13.0 Å². The summed E-state index contributed by atoms with van der Waals surface area (Å²) >= 11 is 0. The Morgan fingerprint density at radius 1 is 1.18 bits per heavy atom. The van der Waals surface area contributed by atoms with Crippen molar-refractivity contribution in [3.63, 3.8) is 0 Å². The van der Waals surface area contributed by atoms with Crippen LogP contribution in [0.5, 0.6) is 11.5 Å². The fourth-order valence-electron chi connectivity index (χ4n) is 8.04. The highest BCUT2D eigenvalue weighted by Crippen LogP contribution is 2.67. The smallest absolute Gasteiger partial charge is 0.328 e. The molecule has 1 aromatic carbocycles. The average molecular weight is 457 g/mol. The molecule has 1 aromatic rings. The molecule has 0 amide bonds. The van der Waals surface area contributed by atoms with Crippen LogP contribution in [-0.2, 0) is 19.7 Å². The molecule has 1 aliphatic carbocycles. The van der Waals surface area contributed by atoms with Crippen molar-refractivity contribution in [2.45, 2.75) is 82.8 Å². The molecule has 7 nitrogen and oxygen atoms in total. The molecule has 5 atom stereocenters. The van der Waals surface area contributed by atoms with Crippen LogP contribution < -0.4 is 14.4 Å². The van der Waals surface area contributed by atoms with Crippen LogP contribution in [0.3, 0.4) is 0 Å². The molecule has 0 aromatic heterocycles. The van der Waals surface area contributed by atoms with E-state index < -0.39 is 12.0 Å². The predicted octanol–water partition coefficient (Wildman–Crippen LogP) is 3.67. The van der Waals surface area contributed by atoms with Gasteiger partial charge in [0.2, 0.25) is 0 Å². The van der Waals surface area contributed by atoms with Crippen molar-refractivity contribution in [2.24, 2.45) is 5.41 Å². The average Bonchev–Trinajstić information content (AvgIpc) is 3.35. The maximum absolute atomic E-state index is 12.9. The number of ether oxygens (including phenoxy) is 3. The van der Waals surface area contributed by atoms with Gasteiger partial charge in [0, 0.05) is 24.4 Å². The van der Waals surface area contributed by atoms with Gasteiger partial charge in [-0.3, -0.25) is 9.69 Å². The first-order valence-electron chi connectivity index (χ1n) is 12.3. The second-order valence-corrected chi connectivity index (χ2v) is 10.3. The maximum Gasteiger partial charge on any atom is 0.328 e. The highest BCUT2D eigenvalue weighted by Gasteiger charge is 2.69. The molecule has 2 saturated heterocycles. The van der Waals surface area contributed by atoms with E-state index in [0.29, 0.717) is 17.5 Å². The topological polar surface area (TPSA) is 68.3 Å². The number of methoxy groups -OCH3 is 2. The minimum Gasteiger partial charge on any atom is -0.493 e.